The van der Waals surface area contributed by atoms with Crippen molar-refractivity contribution in [3.05, 3.63) is 36.2 Å². The van der Waals surface area contributed by atoms with Crippen molar-refractivity contribution in [1.29, 1.82) is 0 Å². The summed E-state index contributed by atoms with van der Waals surface area (Å²) in [7, 11) is 3.64. The van der Waals surface area contributed by atoms with Crippen LogP contribution >= 0.6 is 0 Å². The van der Waals surface area contributed by atoms with Gasteiger partial charge >= 0.3 is 0 Å². The summed E-state index contributed by atoms with van der Waals surface area (Å²) in [6.07, 6.45) is 6.83. The van der Waals surface area contributed by atoms with Gasteiger partial charge < -0.3 is 9.77 Å². The van der Waals surface area contributed by atoms with Crippen molar-refractivity contribution in [2.24, 2.45) is 19.3 Å². The second-order valence-corrected chi connectivity index (χ2v) is 3.21. The van der Waals surface area contributed by atoms with Crippen molar-refractivity contribution >= 4 is 5.71 Å². The van der Waals surface area contributed by atoms with Crippen LogP contribution < -0.4 is 0 Å². The molecular weight excluding hydrogens is 194 g/mol. The van der Waals surface area contributed by atoms with Gasteiger partial charge in [-0.2, -0.15) is 5.10 Å². The van der Waals surface area contributed by atoms with Gasteiger partial charge in [0, 0.05) is 38.2 Å². The fraction of sp³-hybridized carbons (Fsp3) is 0.222. The molecular formula is C9H11N5O. The number of nitrogens with zero attached hydrogens (tertiary/aromatic N) is 5. The first-order chi connectivity index (χ1) is 7.22. The molecule has 0 radical (unpaired) electrons. The van der Waals surface area contributed by atoms with Crippen LogP contribution in [0.15, 0.2) is 29.9 Å². The zero-order valence-electron chi connectivity index (χ0n) is 8.49. The average Bonchev–Trinajstić information content (AvgIpc) is 2.79. The Morgan fingerprint density at radius 3 is 2.73 bits per heavy atom. The molecule has 0 saturated carbocycles. The Labute approximate surface area is 86.5 Å². The van der Waals surface area contributed by atoms with Gasteiger partial charge in [-0.3, -0.25) is 4.68 Å². The maximum Gasteiger partial charge on any atom is 0.162 e. The highest BCUT2D eigenvalue weighted by molar-refractivity contribution is 6.10. The number of hydrogen-bond donors (Lipinski definition) is 1. The Hall–Kier alpha value is -2.11. The van der Waals surface area contributed by atoms with Crippen molar-refractivity contribution in [3.8, 4) is 0 Å². The Kier molecular flexibility index (Phi) is 2.24. The average molecular weight is 205 g/mol. The summed E-state index contributed by atoms with van der Waals surface area (Å²) in [6, 6.07) is 0. The van der Waals surface area contributed by atoms with Crippen molar-refractivity contribution in [2.45, 2.75) is 0 Å². The van der Waals surface area contributed by atoms with Gasteiger partial charge in [0.15, 0.2) is 11.5 Å². The van der Waals surface area contributed by atoms with Crippen molar-refractivity contribution in [2.75, 3.05) is 0 Å². The molecule has 0 bridgehead atoms. The first kappa shape index (κ1) is 9.45. The van der Waals surface area contributed by atoms with E-state index < -0.39 is 0 Å². The number of hydrogen-bond acceptors (Lipinski definition) is 4. The third kappa shape index (κ3) is 1.61. The van der Waals surface area contributed by atoms with Crippen LogP contribution in [0.3, 0.4) is 0 Å². The summed E-state index contributed by atoms with van der Waals surface area (Å²) in [5, 5.41) is 16.3. The predicted molar refractivity (Wildman–Crippen MR) is 53.8 cm³/mol. The molecule has 0 atom stereocenters. The van der Waals surface area contributed by atoms with Gasteiger partial charge in [-0.15, -0.1) is 0 Å². The molecule has 0 aliphatic rings. The maximum atomic E-state index is 8.98. The van der Waals surface area contributed by atoms with Gasteiger partial charge in [-0.1, -0.05) is 5.16 Å². The molecule has 0 unspecified atom stereocenters. The summed E-state index contributed by atoms with van der Waals surface area (Å²) >= 11 is 0. The zero-order valence-corrected chi connectivity index (χ0v) is 8.49. The first-order valence-corrected chi connectivity index (χ1v) is 4.41. The van der Waals surface area contributed by atoms with Crippen molar-refractivity contribution < 1.29 is 5.21 Å². The van der Waals surface area contributed by atoms with E-state index in [-0.39, 0.29) is 0 Å². The van der Waals surface area contributed by atoms with E-state index in [0.717, 1.165) is 5.56 Å². The minimum absolute atomic E-state index is 0.413. The van der Waals surface area contributed by atoms with Crippen LogP contribution in [0.5, 0.6) is 0 Å². The second kappa shape index (κ2) is 3.56. The molecule has 2 heterocycles. The van der Waals surface area contributed by atoms with E-state index in [1.807, 2.05) is 7.05 Å². The molecule has 6 heteroatoms. The molecule has 2 aromatic heterocycles. The van der Waals surface area contributed by atoms with Gasteiger partial charge in [-0.05, 0) is 0 Å². The molecule has 1 N–H and O–H groups in total. The molecule has 0 aromatic carbocycles. The zero-order chi connectivity index (χ0) is 10.8. The number of imidazole rings is 1. The molecule has 0 spiro atoms. The van der Waals surface area contributed by atoms with Crippen LogP contribution in [-0.2, 0) is 14.1 Å². The Morgan fingerprint density at radius 1 is 1.47 bits per heavy atom. The number of aromatic nitrogens is 4. The lowest BCUT2D eigenvalue weighted by molar-refractivity contribution is 0.319. The van der Waals surface area contributed by atoms with E-state index in [2.05, 4.69) is 15.2 Å². The second-order valence-electron chi connectivity index (χ2n) is 3.21. The van der Waals surface area contributed by atoms with Crippen LogP contribution in [-0.4, -0.2) is 30.3 Å². The molecule has 0 aliphatic heterocycles. The summed E-state index contributed by atoms with van der Waals surface area (Å²) in [6.45, 7) is 0. The molecule has 0 saturated heterocycles. The van der Waals surface area contributed by atoms with Crippen LogP contribution in [0.2, 0.25) is 0 Å². The minimum Gasteiger partial charge on any atom is -0.410 e. The highest BCUT2D eigenvalue weighted by atomic mass is 16.4. The third-order valence-corrected chi connectivity index (χ3v) is 2.11. The lowest BCUT2D eigenvalue weighted by atomic mass is 10.2. The largest absolute Gasteiger partial charge is 0.410 e. The van der Waals surface area contributed by atoms with Crippen LogP contribution in [0.4, 0.5) is 0 Å². The lowest BCUT2D eigenvalue weighted by Gasteiger charge is -2.00. The summed E-state index contributed by atoms with van der Waals surface area (Å²) < 4.78 is 3.42. The molecule has 15 heavy (non-hydrogen) atoms. The van der Waals surface area contributed by atoms with E-state index in [1.54, 1.807) is 41.1 Å². The van der Waals surface area contributed by atoms with Crippen LogP contribution in [0.25, 0.3) is 0 Å². The highest BCUT2D eigenvalue weighted by Gasteiger charge is 2.13. The molecule has 0 fully saturated rings. The van der Waals surface area contributed by atoms with Crippen molar-refractivity contribution in [1.82, 2.24) is 19.3 Å². The van der Waals surface area contributed by atoms with Crippen LogP contribution in [0.1, 0.15) is 11.4 Å². The monoisotopic (exact) mass is 205 g/mol. The quantitative estimate of drug-likeness (QED) is 0.438. The molecule has 2 rings (SSSR count). The fourth-order valence-corrected chi connectivity index (χ4v) is 1.37. The summed E-state index contributed by atoms with van der Waals surface area (Å²) in [5.74, 6) is 0.602. The molecule has 0 aliphatic carbocycles. The van der Waals surface area contributed by atoms with Gasteiger partial charge in [-0.25, -0.2) is 4.98 Å². The van der Waals surface area contributed by atoms with E-state index in [0.29, 0.717) is 11.5 Å². The van der Waals surface area contributed by atoms with Gasteiger partial charge in [0.1, 0.15) is 0 Å². The summed E-state index contributed by atoms with van der Waals surface area (Å²) in [4.78, 5) is 4.11. The third-order valence-electron chi connectivity index (χ3n) is 2.11. The minimum atomic E-state index is 0.413. The van der Waals surface area contributed by atoms with E-state index in [4.69, 9.17) is 5.21 Å². The SMILES string of the molecule is Cn1cc(/C(=N/O)c2nccn2C)cn1. The van der Waals surface area contributed by atoms with Gasteiger partial charge in [0.05, 0.1) is 6.20 Å². The number of oxime groups is 1. The number of aryl methyl sites for hydroxylation is 2. The normalized spacial score (nSPS) is 12.0. The Bertz CT molecular complexity index is 496. The predicted octanol–water partition coefficient (Wildman–Crippen LogP) is 0.380. The number of rotatable bonds is 2. The van der Waals surface area contributed by atoms with Gasteiger partial charge in [0.2, 0.25) is 0 Å². The molecule has 0 amide bonds. The maximum absolute atomic E-state index is 8.98. The van der Waals surface area contributed by atoms with E-state index in [9.17, 15) is 0 Å². The summed E-state index contributed by atoms with van der Waals surface area (Å²) in [5.41, 5.74) is 1.14. The topological polar surface area (TPSA) is 68.2 Å². The Morgan fingerprint density at radius 2 is 2.27 bits per heavy atom. The lowest BCUT2D eigenvalue weighted by Crippen LogP contribution is -2.09. The smallest absolute Gasteiger partial charge is 0.162 e. The fourth-order valence-electron chi connectivity index (χ4n) is 1.37. The molecule has 78 valence electrons. The van der Waals surface area contributed by atoms with Crippen molar-refractivity contribution in [3.63, 3.8) is 0 Å². The first-order valence-electron chi connectivity index (χ1n) is 4.41. The van der Waals surface area contributed by atoms with Gasteiger partial charge in [0.25, 0.3) is 0 Å². The highest BCUT2D eigenvalue weighted by Crippen LogP contribution is 2.07. The molecule has 2 aromatic rings. The Balaban J connectivity index is 2.47. The standard InChI is InChI=1S/C9H11N5O/c1-13-4-3-10-9(13)8(12-15)7-5-11-14(2)6-7/h3-6,15H,1-2H3/b12-8-. The van der Waals surface area contributed by atoms with E-state index in [1.165, 1.54) is 0 Å². The molecule has 6 nitrogen and oxygen atoms in total. The van der Waals surface area contributed by atoms with Crippen LogP contribution in [0, 0.1) is 0 Å². The van der Waals surface area contributed by atoms with E-state index >= 15 is 0 Å².